The van der Waals surface area contributed by atoms with Crippen LogP contribution in [0.4, 0.5) is 4.39 Å². The number of amides is 1. The van der Waals surface area contributed by atoms with E-state index < -0.39 is 0 Å². The number of ether oxygens (including phenoxy) is 1. The van der Waals surface area contributed by atoms with Gasteiger partial charge in [-0.25, -0.2) is 4.39 Å². The maximum Gasteiger partial charge on any atom is 0.253 e. The minimum absolute atomic E-state index is 0.0871. The molecule has 2 atom stereocenters. The molecule has 1 N–H and O–H groups in total. The molecule has 0 radical (unpaired) electrons. The van der Waals surface area contributed by atoms with E-state index in [4.69, 9.17) is 4.74 Å². The third-order valence-electron chi connectivity index (χ3n) is 4.55. The number of β-amino-alcohol motifs (C(OH)–C–C–N with tert-alkyl or cyclic N) is 1. The Hall–Kier alpha value is -1.50. The van der Waals surface area contributed by atoms with Gasteiger partial charge in [0, 0.05) is 38.3 Å². The number of halogens is 1. The lowest BCUT2D eigenvalue weighted by Gasteiger charge is -2.37. The molecule has 5 nitrogen and oxygen atoms in total. The molecule has 2 unspecified atom stereocenters. The number of carbonyl (C=O) groups is 1. The number of rotatable bonds is 8. The van der Waals surface area contributed by atoms with E-state index in [1.165, 1.54) is 24.3 Å². The van der Waals surface area contributed by atoms with Crippen LogP contribution in [0.1, 0.15) is 37.6 Å². The number of nitrogens with zero attached hydrogens (tertiary/aromatic N) is 2. The van der Waals surface area contributed by atoms with Gasteiger partial charge in [0.1, 0.15) is 5.82 Å². The highest BCUT2D eigenvalue weighted by molar-refractivity contribution is 5.94. The van der Waals surface area contributed by atoms with E-state index in [0.717, 1.165) is 13.0 Å². The Morgan fingerprint density at radius 2 is 2.08 bits per heavy atom. The summed E-state index contributed by atoms with van der Waals surface area (Å²) in [6, 6.07) is 5.67. The molecule has 1 saturated heterocycles. The van der Waals surface area contributed by atoms with Crippen molar-refractivity contribution in [3.05, 3.63) is 35.6 Å². The third-order valence-corrected chi connectivity index (χ3v) is 4.55. The molecule has 2 rings (SSSR count). The van der Waals surface area contributed by atoms with Gasteiger partial charge >= 0.3 is 0 Å². The van der Waals surface area contributed by atoms with Gasteiger partial charge in [0.2, 0.25) is 0 Å². The van der Waals surface area contributed by atoms with Crippen molar-refractivity contribution in [2.75, 3.05) is 39.3 Å². The summed E-state index contributed by atoms with van der Waals surface area (Å²) in [6.45, 7) is 9.93. The van der Waals surface area contributed by atoms with Crippen molar-refractivity contribution in [2.24, 2.45) is 5.92 Å². The number of benzene rings is 1. The van der Waals surface area contributed by atoms with Crippen molar-refractivity contribution < 1.29 is 19.0 Å². The second-order valence-corrected chi connectivity index (χ2v) is 7.43. The second kappa shape index (κ2) is 10.00. The monoisotopic (exact) mass is 366 g/mol. The minimum atomic E-state index is -0.349. The van der Waals surface area contributed by atoms with Crippen LogP contribution >= 0.6 is 0 Å². The molecule has 0 spiro atoms. The zero-order valence-corrected chi connectivity index (χ0v) is 16.0. The van der Waals surface area contributed by atoms with Crippen LogP contribution in [-0.2, 0) is 4.74 Å². The fourth-order valence-electron chi connectivity index (χ4n) is 3.19. The highest BCUT2D eigenvalue weighted by atomic mass is 19.1. The first kappa shape index (κ1) is 20.8. The topological polar surface area (TPSA) is 53.0 Å². The summed E-state index contributed by atoms with van der Waals surface area (Å²) in [7, 11) is 0. The largest absolute Gasteiger partial charge is 0.392 e. The van der Waals surface area contributed by atoms with E-state index in [-0.39, 0.29) is 23.9 Å². The molecule has 1 heterocycles. The standard InChI is InChI=1S/C20H31FN2O3/c1-4-18(24)12-22-9-10-26-19(13-22)14-23(11-15(2)3)20(25)16-5-7-17(21)8-6-16/h5-8,15,18-19,24H,4,9-14H2,1-3H3. The van der Waals surface area contributed by atoms with Gasteiger partial charge in [-0.05, 0) is 36.6 Å². The Bertz CT molecular complexity index is 565. The summed E-state index contributed by atoms with van der Waals surface area (Å²) in [5, 5.41) is 9.88. The van der Waals surface area contributed by atoms with Crippen LogP contribution in [0.2, 0.25) is 0 Å². The number of hydrogen-bond acceptors (Lipinski definition) is 4. The van der Waals surface area contributed by atoms with Crippen molar-refractivity contribution in [1.82, 2.24) is 9.80 Å². The Morgan fingerprint density at radius 3 is 2.69 bits per heavy atom. The summed E-state index contributed by atoms with van der Waals surface area (Å²) < 4.78 is 19.0. The fourth-order valence-corrected chi connectivity index (χ4v) is 3.19. The molecule has 1 aromatic carbocycles. The van der Waals surface area contributed by atoms with Gasteiger partial charge in [0.05, 0.1) is 18.8 Å². The quantitative estimate of drug-likeness (QED) is 0.768. The van der Waals surface area contributed by atoms with Crippen LogP contribution in [0, 0.1) is 11.7 Å². The van der Waals surface area contributed by atoms with E-state index in [0.29, 0.717) is 44.3 Å². The lowest BCUT2D eigenvalue weighted by atomic mass is 10.1. The highest BCUT2D eigenvalue weighted by Crippen LogP contribution is 2.14. The maximum absolute atomic E-state index is 13.1. The number of aliphatic hydroxyl groups excluding tert-OH is 1. The van der Waals surface area contributed by atoms with E-state index in [1.807, 2.05) is 6.92 Å². The molecule has 26 heavy (non-hydrogen) atoms. The van der Waals surface area contributed by atoms with Gasteiger partial charge in [-0.1, -0.05) is 20.8 Å². The van der Waals surface area contributed by atoms with Crippen molar-refractivity contribution in [1.29, 1.82) is 0 Å². The van der Waals surface area contributed by atoms with Crippen LogP contribution in [0.25, 0.3) is 0 Å². The smallest absolute Gasteiger partial charge is 0.253 e. The minimum Gasteiger partial charge on any atom is -0.392 e. The first-order valence-electron chi connectivity index (χ1n) is 9.45. The van der Waals surface area contributed by atoms with Gasteiger partial charge in [0.25, 0.3) is 5.91 Å². The fraction of sp³-hybridized carbons (Fsp3) is 0.650. The second-order valence-electron chi connectivity index (χ2n) is 7.43. The molecule has 6 heteroatoms. The average Bonchev–Trinajstić information content (AvgIpc) is 2.61. The summed E-state index contributed by atoms with van der Waals surface area (Å²) in [5.74, 6) is -0.133. The van der Waals surface area contributed by atoms with Crippen LogP contribution in [0.5, 0.6) is 0 Å². The van der Waals surface area contributed by atoms with Gasteiger partial charge in [0.15, 0.2) is 0 Å². The molecule has 1 aromatic rings. The Kier molecular flexibility index (Phi) is 8.00. The van der Waals surface area contributed by atoms with E-state index in [1.54, 1.807) is 4.90 Å². The van der Waals surface area contributed by atoms with Crippen molar-refractivity contribution in [2.45, 2.75) is 39.4 Å². The molecule has 0 aromatic heterocycles. The number of carbonyl (C=O) groups excluding carboxylic acids is 1. The summed E-state index contributed by atoms with van der Waals surface area (Å²) in [4.78, 5) is 16.9. The molecule has 1 aliphatic rings. The lowest BCUT2D eigenvalue weighted by Crippen LogP contribution is -2.50. The van der Waals surface area contributed by atoms with Crippen LogP contribution < -0.4 is 0 Å². The first-order chi connectivity index (χ1) is 12.4. The Labute approximate surface area is 155 Å². The predicted molar refractivity (Wildman–Crippen MR) is 99.6 cm³/mol. The number of morpholine rings is 1. The summed E-state index contributed by atoms with van der Waals surface area (Å²) in [5.41, 5.74) is 0.487. The normalized spacial score (nSPS) is 19.5. The van der Waals surface area contributed by atoms with Crippen molar-refractivity contribution >= 4 is 5.91 Å². The molecular weight excluding hydrogens is 335 g/mol. The lowest BCUT2D eigenvalue weighted by molar-refractivity contribution is -0.0513. The van der Waals surface area contributed by atoms with Gasteiger partial charge in [-0.15, -0.1) is 0 Å². The van der Waals surface area contributed by atoms with Crippen LogP contribution in [0.3, 0.4) is 0 Å². The Balaban J connectivity index is 2.02. The molecular formula is C20H31FN2O3. The number of hydrogen-bond donors (Lipinski definition) is 1. The van der Waals surface area contributed by atoms with Crippen molar-refractivity contribution in [3.8, 4) is 0 Å². The van der Waals surface area contributed by atoms with Gasteiger partial charge in [-0.3, -0.25) is 9.69 Å². The first-order valence-corrected chi connectivity index (χ1v) is 9.45. The molecule has 1 aliphatic heterocycles. The molecule has 1 fully saturated rings. The molecule has 0 bridgehead atoms. The van der Waals surface area contributed by atoms with Crippen LogP contribution in [0.15, 0.2) is 24.3 Å². The highest BCUT2D eigenvalue weighted by Gasteiger charge is 2.26. The molecule has 1 amide bonds. The SMILES string of the molecule is CCC(O)CN1CCOC(CN(CC(C)C)C(=O)c2ccc(F)cc2)C1. The van der Waals surface area contributed by atoms with Crippen molar-refractivity contribution in [3.63, 3.8) is 0 Å². The Morgan fingerprint density at radius 1 is 1.38 bits per heavy atom. The summed E-state index contributed by atoms with van der Waals surface area (Å²) in [6.07, 6.45) is 0.308. The zero-order chi connectivity index (χ0) is 19.1. The predicted octanol–water partition coefficient (Wildman–Crippen LogP) is 2.40. The molecule has 0 aliphatic carbocycles. The van der Waals surface area contributed by atoms with E-state index >= 15 is 0 Å². The van der Waals surface area contributed by atoms with E-state index in [9.17, 15) is 14.3 Å². The average molecular weight is 366 g/mol. The molecule has 0 saturated carbocycles. The van der Waals surface area contributed by atoms with Gasteiger partial charge in [-0.2, -0.15) is 0 Å². The third kappa shape index (κ3) is 6.34. The van der Waals surface area contributed by atoms with E-state index in [2.05, 4.69) is 18.7 Å². The zero-order valence-electron chi connectivity index (χ0n) is 16.0. The van der Waals surface area contributed by atoms with Gasteiger partial charge < -0.3 is 14.7 Å². The summed E-state index contributed by atoms with van der Waals surface area (Å²) >= 11 is 0. The van der Waals surface area contributed by atoms with Crippen LogP contribution in [-0.4, -0.2) is 72.4 Å². The molecule has 146 valence electrons. The number of aliphatic hydroxyl groups is 1. The maximum atomic E-state index is 13.1.